The van der Waals surface area contributed by atoms with E-state index in [4.69, 9.17) is 4.74 Å². The van der Waals surface area contributed by atoms with Crippen LogP contribution in [0.3, 0.4) is 0 Å². The maximum Gasteiger partial charge on any atom is 0.424 e. The van der Waals surface area contributed by atoms with Crippen molar-refractivity contribution in [3.8, 4) is 0 Å². The molecule has 1 fully saturated rings. The van der Waals surface area contributed by atoms with Gasteiger partial charge in [-0.15, -0.1) is 6.58 Å². The Kier molecular flexibility index (Phi) is 5.49. The van der Waals surface area contributed by atoms with E-state index >= 15 is 0 Å². The van der Waals surface area contributed by atoms with Gasteiger partial charge in [0, 0.05) is 0 Å². The highest BCUT2D eigenvalue weighted by Crippen LogP contribution is 2.34. The predicted octanol–water partition coefficient (Wildman–Crippen LogP) is 3.81. The molecule has 1 heterocycles. The number of sulfonamides is 1. The maximum atomic E-state index is 13.0. The first-order valence-electron chi connectivity index (χ1n) is 7.93. The topological polar surface area (TPSA) is 63.7 Å². The lowest BCUT2D eigenvalue weighted by Crippen LogP contribution is -2.42. The quantitative estimate of drug-likeness (QED) is 0.702. The molecular weight excluding hydrogens is 326 g/mol. The van der Waals surface area contributed by atoms with Crippen LogP contribution < -0.4 is 0 Å². The molecule has 1 aromatic rings. The van der Waals surface area contributed by atoms with Gasteiger partial charge < -0.3 is 4.74 Å². The molecule has 2 rings (SSSR count). The van der Waals surface area contributed by atoms with Gasteiger partial charge in [0.15, 0.2) is 0 Å². The van der Waals surface area contributed by atoms with Gasteiger partial charge in [0.05, 0.1) is 4.90 Å². The molecule has 0 radical (unpaired) electrons. The molecule has 1 aromatic carbocycles. The average molecular weight is 349 g/mol. The second-order valence-electron chi connectivity index (χ2n) is 5.92. The zero-order valence-electron chi connectivity index (χ0n) is 14.1. The van der Waals surface area contributed by atoms with Crippen LogP contribution in [0.4, 0.5) is 4.79 Å². The van der Waals surface area contributed by atoms with Gasteiger partial charge in [-0.3, -0.25) is 0 Å². The van der Waals surface area contributed by atoms with Crippen LogP contribution >= 0.6 is 0 Å². The maximum absolute atomic E-state index is 13.0. The van der Waals surface area contributed by atoms with Crippen LogP contribution in [0.1, 0.15) is 31.7 Å². The number of allylic oxidation sites excluding steroid dienone is 1. The molecule has 0 spiro atoms. The first-order valence-corrected chi connectivity index (χ1v) is 9.37. The number of cyclic esters (lactones) is 1. The number of ether oxygens (including phenoxy) is 1. The molecule has 0 aromatic heterocycles. The summed E-state index contributed by atoms with van der Waals surface area (Å²) < 4.78 is 32.1. The Morgan fingerprint density at radius 2 is 1.96 bits per heavy atom. The summed E-state index contributed by atoms with van der Waals surface area (Å²) >= 11 is 0. The van der Waals surface area contributed by atoms with Gasteiger partial charge in [0.2, 0.25) is 0 Å². The summed E-state index contributed by atoms with van der Waals surface area (Å²) in [5.41, 5.74) is 1.54. The Morgan fingerprint density at radius 3 is 2.50 bits per heavy atom. The number of amides is 1. The Bertz CT molecular complexity index is 737. The second-order valence-corrected chi connectivity index (χ2v) is 7.74. The second kappa shape index (κ2) is 7.21. The van der Waals surface area contributed by atoms with Crippen molar-refractivity contribution in [2.24, 2.45) is 0 Å². The molecule has 130 valence electrons. The van der Waals surface area contributed by atoms with Crippen molar-refractivity contribution in [1.29, 1.82) is 0 Å². The normalized spacial score (nSPS) is 20.8. The molecule has 1 saturated heterocycles. The fraction of sp³-hybridized carbons (Fsp3) is 0.389. The summed E-state index contributed by atoms with van der Waals surface area (Å²) in [5.74, 6) is 0. The molecule has 1 aliphatic heterocycles. The molecule has 5 nitrogen and oxygen atoms in total. The van der Waals surface area contributed by atoms with E-state index in [9.17, 15) is 13.2 Å². The highest BCUT2D eigenvalue weighted by atomic mass is 32.2. The van der Waals surface area contributed by atoms with Gasteiger partial charge in [0.25, 0.3) is 10.0 Å². The van der Waals surface area contributed by atoms with Crippen LogP contribution in [-0.2, 0) is 14.8 Å². The van der Waals surface area contributed by atoms with Crippen LogP contribution in [-0.4, -0.2) is 31.0 Å². The molecule has 24 heavy (non-hydrogen) atoms. The Labute approximate surface area is 143 Å². The summed E-state index contributed by atoms with van der Waals surface area (Å²) in [5, 5.41) is 0. The lowest BCUT2D eigenvalue weighted by atomic mass is 9.98. The largest absolute Gasteiger partial charge is 0.443 e. The van der Waals surface area contributed by atoms with Crippen molar-refractivity contribution >= 4 is 16.1 Å². The van der Waals surface area contributed by atoms with E-state index in [1.54, 1.807) is 18.2 Å². The van der Waals surface area contributed by atoms with Crippen molar-refractivity contribution in [3.05, 3.63) is 54.6 Å². The van der Waals surface area contributed by atoms with Gasteiger partial charge in [-0.25, -0.2) is 13.2 Å². The zero-order valence-corrected chi connectivity index (χ0v) is 14.9. The molecule has 2 atom stereocenters. The fourth-order valence-corrected chi connectivity index (χ4v) is 4.35. The standard InChI is InChI=1S/C18H23NO4S/c1-5-7-14(4)17-16(8-6-2)23-18(20)19(17)24(21,22)15-11-9-13(3)10-12-15/h5,9-12,16-17H,1,4,6-8H2,2-3H3/t16-,17-/m0/s1. The first-order chi connectivity index (χ1) is 11.3. The van der Waals surface area contributed by atoms with Crippen molar-refractivity contribution in [2.45, 2.75) is 50.2 Å². The summed E-state index contributed by atoms with van der Waals surface area (Å²) in [6.45, 7) is 11.4. The van der Waals surface area contributed by atoms with Crippen LogP contribution in [0.25, 0.3) is 0 Å². The van der Waals surface area contributed by atoms with Crippen molar-refractivity contribution < 1.29 is 17.9 Å². The number of aryl methyl sites for hydroxylation is 1. The van der Waals surface area contributed by atoms with E-state index in [-0.39, 0.29) is 4.90 Å². The molecule has 0 unspecified atom stereocenters. The first kappa shape index (κ1) is 18.3. The van der Waals surface area contributed by atoms with Crippen LogP contribution in [0.15, 0.2) is 54.0 Å². The minimum Gasteiger partial charge on any atom is -0.443 e. The highest BCUT2D eigenvalue weighted by molar-refractivity contribution is 7.89. The Morgan fingerprint density at radius 1 is 1.33 bits per heavy atom. The van der Waals surface area contributed by atoms with Crippen molar-refractivity contribution in [2.75, 3.05) is 0 Å². The van der Waals surface area contributed by atoms with Gasteiger partial charge in [-0.1, -0.05) is 43.7 Å². The van der Waals surface area contributed by atoms with E-state index in [1.165, 1.54) is 12.1 Å². The SMILES string of the molecule is C=CCC(=C)[C@H]1[C@H](CCC)OC(=O)N1S(=O)(=O)c1ccc(C)cc1. The number of nitrogens with zero attached hydrogens (tertiary/aromatic N) is 1. The number of hydrogen-bond donors (Lipinski definition) is 0. The summed E-state index contributed by atoms with van der Waals surface area (Å²) in [4.78, 5) is 12.4. The van der Waals surface area contributed by atoms with E-state index in [0.29, 0.717) is 18.4 Å². The van der Waals surface area contributed by atoms with Crippen LogP contribution in [0.5, 0.6) is 0 Å². The molecular formula is C18H23NO4S. The molecule has 1 aliphatic rings. The molecule has 0 bridgehead atoms. The smallest absolute Gasteiger partial charge is 0.424 e. The number of hydrogen-bond acceptors (Lipinski definition) is 4. The molecule has 6 heteroatoms. The third kappa shape index (κ3) is 3.38. The molecule has 0 aliphatic carbocycles. The van der Waals surface area contributed by atoms with E-state index < -0.39 is 28.3 Å². The van der Waals surface area contributed by atoms with E-state index in [1.807, 2.05) is 13.8 Å². The highest BCUT2D eigenvalue weighted by Gasteiger charge is 2.49. The Balaban J connectivity index is 2.47. The van der Waals surface area contributed by atoms with Gasteiger partial charge in [-0.05, 0) is 37.5 Å². The predicted molar refractivity (Wildman–Crippen MR) is 93.1 cm³/mol. The van der Waals surface area contributed by atoms with E-state index in [0.717, 1.165) is 16.3 Å². The molecule has 1 amide bonds. The molecule has 0 N–H and O–H groups in total. The Hall–Kier alpha value is -2.08. The lowest BCUT2D eigenvalue weighted by molar-refractivity contribution is 0.128. The minimum absolute atomic E-state index is 0.0681. The average Bonchev–Trinajstić information content (AvgIpc) is 2.85. The number of carbonyl (C=O) groups excluding carboxylic acids is 1. The zero-order chi connectivity index (χ0) is 17.9. The van der Waals surface area contributed by atoms with Gasteiger partial charge >= 0.3 is 6.09 Å². The van der Waals surface area contributed by atoms with Gasteiger partial charge in [0.1, 0.15) is 12.1 Å². The fourth-order valence-electron chi connectivity index (χ4n) is 2.82. The number of rotatable bonds is 7. The summed E-state index contributed by atoms with van der Waals surface area (Å²) in [6, 6.07) is 5.69. The summed E-state index contributed by atoms with van der Waals surface area (Å²) in [6.07, 6.45) is 2.05. The summed E-state index contributed by atoms with van der Waals surface area (Å²) in [7, 11) is -4.00. The minimum atomic E-state index is -4.00. The van der Waals surface area contributed by atoms with Crippen LogP contribution in [0, 0.1) is 6.92 Å². The lowest BCUT2D eigenvalue weighted by Gasteiger charge is -2.25. The molecule has 0 saturated carbocycles. The van der Waals surface area contributed by atoms with E-state index in [2.05, 4.69) is 13.2 Å². The number of benzene rings is 1. The number of carbonyl (C=O) groups is 1. The monoisotopic (exact) mass is 349 g/mol. The third-order valence-electron chi connectivity index (χ3n) is 4.01. The van der Waals surface area contributed by atoms with Crippen molar-refractivity contribution in [3.63, 3.8) is 0 Å². The van der Waals surface area contributed by atoms with Crippen molar-refractivity contribution in [1.82, 2.24) is 4.31 Å². The van der Waals surface area contributed by atoms with Crippen LogP contribution in [0.2, 0.25) is 0 Å². The third-order valence-corrected chi connectivity index (χ3v) is 5.77. The van der Waals surface area contributed by atoms with Gasteiger partial charge in [-0.2, -0.15) is 4.31 Å².